The highest BCUT2D eigenvalue weighted by Crippen LogP contribution is 2.36. The largest absolute Gasteiger partial charge is 0.416 e. The van der Waals surface area contributed by atoms with Crippen LogP contribution >= 0.6 is 0 Å². The van der Waals surface area contributed by atoms with Crippen LogP contribution in [0.5, 0.6) is 0 Å². The Hall–Kier alpha value is -2.99. The first-order valence-electron chi connectivity index (χ1n) is 12.6. The van der Waals surface area contributed by atoms with E-state index in [9.17, 15) is 35.6 Å². The molecule has 212 valence electrons. The standard InChI is InChI=1S/C27H30F4N2O5S/c1-4-19-8-10-22(33(19)26(35)16-6-5-15(2)23(11-16)39(3,36)37)25(34)32-24(17-13-38-14-17)20-9-7-18(12-21(20)28)27(29,30)31/h5-7,9,11-12,17,19,22,24H,4,8,10,13-14H2,1-3H3,(H,32,34)/t19-,22-,24?/m1/s1. The number of carbonyl (C=O) groups excluding carboxylic acids is 2. The summed E-state index contributed by atoms with van der Waals surface area (Å²) in [5, 5.41) is 2.77. The van der Waals surface area contributed by atoms with Crippen LogP contribution in [0.2, 0.25) is 0 Å². The van der Waals surface area contributed by atoms with Crippen LogP contribution in [0.4, 0.5) is 17.6 Å². The molecule has 39 heavy (non-hydrogen) atoms. The Morgan fingerprint density at radius 3 is 2.36 bits per heavy atom. The lowest BCUT2D eigenvalue weighted by Crippen LogP contribution is -2.52. The van der Waals surface area contributed by atoms with Crippen LogP contribution in [0, 0.1) is 18.7 Å². The molecule has 2 heterocycles. The van der Waals surface area contributed by atoms with Gasteiger partial charge in [-0.1, -0.05) is 19.1 Å². The molecular weight excluding hydrogens is 540 g/mol. The summed E-state index contributed by atoms with van der Waals surface area (Å²) in [7, 11) is -3.60. The average molecular weight is 571 g/mol. The van der Waals surface area contributed by atoms with E-state index in [-0.39, 0.29) is 41.2 Å². The number of nitrogens with one attached hydrogen (secondary N) is 1. The highest BCUT2D eigenvalue weighted by Gasteiger charge is 2.43. The van der Waals surface area contributed by atoms with E-state index in [1.54, 1.807) is 6.92 Å². The van der Waals surface area contributed by atoms with Crippen molar-refractivity contribution in [3.8, 4) is 0 Å². The van der Waals surface area contributed by atoms with Crippen LogP contribution in [0.3, 0.4) is 0 Å². The number of rotatable bonds is 7. The second-order valence-corrected chi connectivity index (χ2v) is 12.1. The van der Waals surface area contributed by atoms with Crippen molar-refractivity contribution in [2.45, 2.75) is 62.3 Å². The summed E-state index contributed by atoms with van der Waals surface area (Å²) in [6, 6.07) is 4.38. The maximum atomic E-state index is 14.9. The molecule has 2 aromatic carbocycles. The van der Waals surface area contributed by atoms with Crippen LogP contribution in [0.15, 0.2) is 41.3 Å². The topological polar surface area (TPSA) is 92.8 Å². The second kappa shape index (κ2) is 10.9. The molecular formula is C27H30F4N2O5S. The van der Waals surface area contributed by atoms with Gasteiger partial charge in [-0.3, -0.25) is 9.59 Å². The summed E-state index contributed by atoms with van der Waals surface area (Å²) in [6.45, 7) is 3.87. The molecule has 12 heteroatoms. The molecule has 2 aliphatic heterocycles. The van der Waals surface area contributed by atoms with Gasteiger partial charge in [0.2, 0.25) is 5.91 Å². The lowest BCUT2D eigenvalue weighted by atomic mass is 9.90. The molecule has 0 saturated carbocycles. The van der Waals surface area contributed by atoms with Crippen molar-refractivity contribution in [3.63, 3.8) is 0 Å². The van der Waals surface area contributed by atoms with E-state index in [0.29, 0.717) is 30.9 Å². The van der Waals surface area contributed by atoms with Gasteiger partial charge in [0, 0.05) is 29.3 Å². The third-order valence-corrected chi connectivity index (χ3v) is 8.68. The Balaban J connectivity index is 1.63. The van der Waals surface area contributed by atoms with Crippen LogP contribution < -0.4 is 5.32 Å². The van der Waals surface area contributed by atoms with Crippen LogP contribution in [-0.4, -0.2) is 56.7 Å². The predicted octanol–water partition coefficient (Wildman–Crippen LogP) is 4.44. The number of carbonyl (C=O) groups is 2. The van der Waals surface area contributed by atoms with Gasteiger partial charge in [-0.25, -0.2) is 12.8 Å². The number of halogens is 4. The van der Waals surface area contributed by atoms with Crippen molar-refractivity contribution in [1.82, 2.24) is 10.2 Å². The van der Waals surface area contributed by atoms with Crippen molar-refractivity contribution in [3.05, 3.63) is 64.5 Å². The predicted molar refractivity (Wildman–Crippen MR) is 134 cm³/mol. The van der Waals surface area contributed by atoms with E-state index >= 15 is 0 Å². The molecule has 2 saturated heterocycles. The first-order chi connectivity index (χ1) is 18.2. The molecule has 2 aliphatic rings. The van der Waals surface area contributed by atoms with Crippen LogP contribution in [0.25, 0.3) is 0 Å². The minimum Gasteiger partial charge on any atom is -0.381 e. The van der Waals surface area contributed by atoms with Gasteiger partial charge in [-0.05, 0) is 56.0 Å². The molecule has 0 aromatic heterocycles. The smallest absolute Gasteiger partial charge is 0.381 e. The van der Waals surface area contributed by atoms with Gasteiger partial charge < -0.3 is 15.0 Å². The van der Waals surface area contributed by atoms with Gasteiger partial charge >= 0.3 is 6.18 Å². The van der Waals surface area contributed by atoms with E-state index in [2.05, 4.69) is 5.32 Å². The maximum absolute atomic E-state index is 14.9. The highest BCUT2D eigenvalue weighted by atomic mass is 32.2. The Kier molecular flexibility index (Phi) is 8.09. The van der Waals surface area contributed by atoms with Gasteiger partial charge in [0.25, 0.3) is 5.91 Å². The summed E-state index contributed by atoms with van der Waals surface area (Å²) >= 11 is 0. The quantitative estimate of drug-likeness (QED) is 0.497. The number of alkyl halides is 3. The minimum atomic E-state index is -4.72. The van der Waals surface area contributed by atoms with E-state index in [1.165, 1.54) is 23.1 Å². The number of amides is 2. The molecule has 1 unspecified atom stereocenters. The molecule has 7 nitrogen and oxygen atoms in total. The molecule has 0 radical (unpaired) electrons. The van der Waals surface area contributed by atoms with Gasteiger partial charge in [0.05, 0.1) is 29.7 Å². The summed E-state index contributed by atoms with van der Waals surface area (Å²) < 4.78 is 83.7. The Bertz CT molecular complexity index is 1370. The Morgan fingerprint density at radius 1 is 1.13 bits per heavy atom. The normalized spacial score (nSPS) is 20.9. The fourth-order valence-corrected chi connectivity index (χ4v) is 6.23. The number of likely N-dealkylation sites (tertiary alicyclic amines) is 1. The number of sulfone groups is 1. The van der Waals surface area contributed by atoms with Gasteiger partial charge in [-0.15, -0.1) is 0 Å². The van der Waals surface area contributed by atoms with E-state index in [4.69, 9.17) is 4.74 Å². The third-order valence-electron chi connectivity index (χ3n) is 7.44. The Morgan fingerprint density at radius 2 is 1.82 bits per heavy atom. The van der Waals surface area contributed by atoms with Gasteiger partial charge in [-0.2, -0.15) is 13.2 Å². The molecule has 0 aliphatic carbocycles. The zero-order valence-electron chi connectivity index (χ0n) is 21.7. The average Bonchev–Trinajstić information content (AvgIpc) is 3.25. The molecule has 4 rings (SSSR count). The number of benzene rings is 2. The highest BCUT2D eigenvalue weighted by molar-refractivity contribution is 7.90. The molecule has 2 fully saturated rings. The molecule has 2 amide bonds. The molecule has 0 spiro atoms. The van der Waals surface area contributed by atoms with Gasteiger partial charge in [0.1, 0.15) is 11.9 Å². The van der Waals surface area contributed by atoms with Gasteiger partial charge in [0.15, 0.2) is 9.84 Å². The molecule has 1 N–H and O–H groups in total. The zero-order valence-corrected chi connectivity index (χ0v) is 22.5. The number of aryl methyl sites for hydroxylation is 1. The monoisotopic (exact) mass is 570 g/mol. The maximum Gasteiger partial charge on any atom is 0.416 e. The lowest BCUT2D eigenvalue weighted by molar-refractivity contribution is -0.138. The number of ether oxygens (including phenoxy) is 1. The van der Waals surface area contributed by atoms with Crippen molar-refractivity contribution in [2.75, 3.05) is 19.5 Å². The van der Waals surface area contributed by atoms with E-state index in [0.717, 1.165) is 18.4 Å². The number of hydrogen-bond acceptors (Lipinski definition) is 5. The minimum absolute atomic E-state index is 0.0180. The number of nitrogens with zero attached hydrogens (tertiary/aromatic N) is 1. The first kappa shape index (κ1) is 29.0. The van der Waals surface area contributed by atoms with E-state index in [1.807, 2.05) is 6.92 Å². The van der Waals surface area contributed by atoms with E-state index < -0.39 is 51.3 Å². The summed E-state index contributed by atoms with van der Waals surface area (Å²) in [5.41, 5.74) is -0.620. The number of hydrogen-bond donors (Lipinski definition) is 1. The zero-order chi connectivity index (χ0) is 28.7. The molecule has 0 bridgehead atoms. The van der Waals surface area contributed by atoms with Crippen LogP contribution in [-0.2, 0) is 25.5 Å². The molecule has 2 aromatic rings. The SMILES string of the molecule is CC[C@@H]1CC[C@H](C(=O)NC(c2ccc(C(F)(F)F)cc2F)C2COC2)N1C(=O)c1ccc(C)c(S(C)(=O)=O)c1. The van der Waals surface area contributed by atoms with Crippen LogP contribution in [0.1, 0.15) is 59.3 Å². The first-order valence-corrected chi connectivity index (χ1v) is 14.5. The van der Waals surface area contributed by atoms with Crippen molar-refractivity contribution < 1.29 is 40.3 Å². The summed E-state index contributed by atoms with van der Waals surface area (Å²) in [5.74, 6) is -2.53. The van der Waals surface area contributed by atoms with Crippen molar-refractivity contribution >= 4 is 21.7 Å². The fraction of sp³-hybridized carbons (Fsp3) is 0.481. The second-order valence-electron chi connectivity index (χ2n) is 10.1. The molecule has 3 atom stereocenters. The lowest BCUT2D eigenvalue weighted by Gasteiger charge is -2.36. The van der Waals surface area contributed by atoms with Crippen molar-refractivity contribution in [2.24, 2.45) is 5.92 Å². The fourth-order valence-electron chi connectivity index (χ4n) is 5.23. The third kappa shape index (κ3) is 5.96. The summed E-state index contributed by atoms with van der Waals surface area (Å²) in [4.78, 5) is 28.6. The Labute approximate surface area is 224 Å². The van der Waals surface area contributed by atoms with Crippen molar-refractivity contribution in [1.29, 1.82) is 0 Å². The summed E-state index contributed by atoms with van der Waals surface area (Å²) in [6.07, 6.45) is -2.27.